The van der Waals surface area contributed by atoms with E-state index in [0.29, 0.717) is 6.42 Å². The van der Waals surface area contributed by atoms with Crippen LogP contribution >= 0.6 is 0 Å². The molecule has 0 saturated heterocycles. The van der Waals surface area contributed by atoms with Gasteiger partial charge >= 0.3 is 0 Å². The Morgan fingerprint density at radius 1 is 0.769 bits per heavy atom. The third-order valence-corrected chi connectivity index (χ3v) is 6.63. The van der Waals surface area contributed by atoms with Crippen LogP contribution in [0.4, 0.5) is 11.4 Å². The molecule has 39 heavy (non-hydrogen) atoms. The summed E-state index contributed by atoms with van der Waals surface area (Å²) in [7, 11) is 0. The van der Waals surface area contributed by atoms with Gasteiger partial charge in [0.1, 0.15) is 17.7 Å². The molecule has 0 radical (unpaired) electrons. The van der Waals surface area contributed by atoms with E-state index in [4.69, 9.17) is 0 Å². The predicted molar refractivity (Wildman–Crippen MR) is 159 cm³/mol. The minimum Gasteiger partial charge on any atom is -0.372 e. The number of nitrogens with zero attached hydrogens (tertiary/aromatic N) is 4. The summed E-state index contributed by atoms with van der Waals surface area (Å²) in [6.07, 6.45) is 3.61. The Morgan fingerprint density at radius 2 is 1.18 bits per heavy atom. The first kappa shape index (κ1) is 30.9. The van der Waals surface area contributed by atoms with E-state index in [-0.39, 0.29) is 29.4 Å². The summed E-state index contributed by atoms with van der Waals surface area (Å²) < 4.78 is 0. The van der Waals surface area contributed by atoms with Gasteiger partial charge in [-0.05, 0) is 88.6 Å². The van der Waals surface area contributed by atoms with Crippen LogP contribution in [0.5, 0.6) is 0 Å². The van der Waals surface area contributed by atoms with Gasteiger partial charge in [0.15, 0.2) is 5.78 Å². The summed E-state index contributed by atoms with van der Waals surface area (Å²) in [5.74, 6) is -0.773. The van der Waals surface area contributed by atoms with E-state index in [1.54, 1.807) is 19.1 Å². The Balaban J connectivity index is 1.98. The first-order chi connectivity index (χ1) is 18.8. The van der Waals surface area contributed by atoms with Crippen molar-refractivity contribution in [2.75, 3.05) is 36.0 Å². The highest BCUT2D eigenvalue weighted by Crippen LogP contribution is 2.19. The van der Waals surface area contributed by atoms with Crippen molar-refractivity contribution in [3.63, 3.8) is 0 Å². The lowest BCUT2D eigenvalue weighted by Crippen LogP contribution is -2.33. The number of Topliss-reactive ketones (excluding diaryl/α,β-unsaturated/α-hetero) is 1. The average molecular weight is 526 g/mol. The lowest BCUT2D eigenvalue weighted by molar-refractivity contribution is -0.118. The third-order valence-electron chi connectivity index (χ3n) is 6.63. The van der Waals surface area contributed by atoms with Gasteiger partial charge in [-0.25, -0.2) is 0 Å². The number of anilines is 2. The van der Waals surface area contributed by atoms with Crippen LogP contribution in [0.1, 0.15) is 58.6 Å². The molecule has 7 nitrogen and oxygen atoms in total. The lowest BCUT2D eigenvalue weighted by Gasteiger charge is -2.20. The summed E-state index contributed by atoms with van der Waals surface area (Å²) in [6, 6.07) is 19.1. The number of benzene rings is 2. The molecule has 1 N–H and O–H groups in total. The highest BCUT2D eigenvalue weighted by Gasteiger charge is 2.16. The van der Waals surface area contributed by atoms with Crippen LogP contribution in [-0.4, -0.2) is 43.9 Å². The van der Waals surface area contributed by atoms with Gasteiger partial charge in [0, 0.05) is 50.0 Å². The van der Waals surface area contributed by atoms with Crippen LogP contribution in [0.2, 0.25) is 0 Å². The van der Waals surface area contributed by atoms with Crippen LogP contribution in [0.3, 0.4) is 0 Å². The van der Waals surface area contributed by atoms with Crippen molar-refractivity contribution in [3.05, 3.63) is 70.8 Å². The van der Waals surface area contributed by atoms with Crippen molar-refractivity contribution in [3.8, 4) is 12.1 Å². The standard InChI is InChI=1S/C32H39N5O2/c1-6-36(7-2)29-15-11-25(12-16-29)20-27(22-33)31(38)19-10-24(5)35-32(39)28(23-34)21-26-13-17-30(18-14-26)37(8-3)9-4/h11-18,20-21,24H,6-10,19H2,1-5H3,(H,35,39)/b27-20+,28-21+. The van der Waals surface area contributed by atoms with E-state index in [0.717, 1.165) is 48.7 Å². The van der Waals surface area contributed by atoms with Gasteiger partial charge in [-0.2, -0.15) is 10.5 Å². The second kappa shape index (κ2) is 15.8. The van der Waals surface area contributed by atoms with Crippen LogP contribution in [0.15, 0.2) is 59.7 Å². The molecule has 0 aliphatic carbocycles. The number of rotatable bonds is 14. The molecule has 204 valence electrons. The highest BCUT2D eigenvalue weighted by molar-refractivity contribution is 6.03. The molecule has 0 saturated carbocycles. The smallest absolute Gasteiger partial charge is 0.262 e. The fourth-order valence-corrected chi connectivity index (χ4v) is 4.25. The van der Waals surface area contributed by atoms with E-state index in [9.17, 15) is 20.1 Å². The third kappa shape index (κ3) is 9.16. The number of hydrogen-bond donors (Lipinski definition) is 1. The molecule has 2 aromatic rings. The molecule has 0 spiro atoms. The van der Waals surface area contributed by atoms with Crippen molar-refractivity contribution >= 4 is 35.2 Å². The monoisotopic (exact) mass is 525 g/mol. The summed E-state index contributed by atoms with van der Waals surface area (Å²) in [6.45, 7) is 13.7. The number of ketones is 1. The van der Waals surface area contributed by atoms with Crippen molar-refractivity contribution in [1.82, 2.24) is 5.32 Å². The second-order valence-electron chi connectivity index (χ2n) is 9.20. The zero-order valence-corrected chi connectivity index (χ0v) is 23.7. The minimum atomic E-state index is -0.491. The van der Waals surface area contributed by atoms with Gasteiger partial charge in [0.25, 0.3) is 5.91 Å². The molecule has 2 rings (SSSR count). The Labute approximate surface area is 233 Å². The minimum absolute atomic E-state index is 0.00506. The van der Waals surface area contributed by atoms with Crippen molar-refractivity contribution in [1.29, 1.82) is 10.5 Å². The summed E-state index contributed by atoms with van der Waals surface area (Å²) in [4.78, 5) is 29.8. The molecular formula is C32H39N5O2. The van der Waals surface area contributed by atoms with E-state index in [2.05, 4.69) is 42.8 Å². The fourth-order valence-electron chi connectivity index (χ4n) is 4.25. The van der Waals surface area contributed by atoms with Gasteiger partial charge in [0.05, 0.1) is 5.57 Å². The molecule has 0 aliphatic rings. The normalized spacial score (nSPS) is 12.2. The SMILES string of the molecule is CCN(CC)c1ccc(/C=C(\C#N)C(=O)CCC(C)NC(=O)/C(C#N)=C/c2ccc(N(CC)CC)cc2)cc1. The first-order valence-electron chi connectivity index (χ1n) is 13.6. The molecule has 1 amide bonds. The number of amides is 1. The summed E-state index contributed by atoms with van der Waals surface area (Å²) in [5.41, 5.74) is 3.79. The first-order valence-corrected chi connectivity index (χ1v) is 13.6. The number of nitrogens with one attached hydrogen (secondary N) is 1. The number of hydrogen-bond acceptors (Lipinski definition) is 6. The number of nitriles is 2. The second-order valence-corrected chi connectivity index (χ2v) is 9.20. The quantitative estimate of drug-likeness (QED) is 0.249. The van der Waals surface area contributed by atoms with E-state index >= 15 is 0 Å². The van der Waals surface area contributed by atoms with Crippen molar-refractivity contribution in [2.45, 2.75) is 53.5 Å². The lowest BCUT2D eigenvalue weighted by atomic mass is 10.0. The molecule has 2 aromatic carbocycles. The van der Waals surface area contributed by atoms with Crippen molar-refractivity contribution in [2.24, 2.45) is 0 Å². The maximum absolute atomic E-state index is 12.7. The molecule has 0 aromatic heterocycles. The highest BCUT2D eigenvalue weighted by atomic mass is 16.1. The molecule has 1 atom stereocenters. The molecule has 7 heteroatoms. The van der Waals surface area contributed by atoms with Gasteiger partial charge in [-0.3, -0.25) is 9.59 Å². The zero-order chi connectivity index (χ0) is 28.8. The van der Waals surface area contributed by atoms with E-state index < -0.39 is 5.91 Å². The Bertz CT molecular complexity index is 1240. The van der Waals surface area contributed by atoms with Crippen LogP contribution in [0.25, 0.3) is 12.2 Å². The zero-order valence-electron chi connectivity index (χ0n) is 23.7. The molecule has 0 heterocycles. The Morgan fingerprint density at radius 3 is 1.56 bits per heavy atom. The largest absolute Gasteiger partial charge is 0.372 e. The summed E-state index contributed by atoms with van der Waals surface area (Å²) >= 11 is 0. The van der Waals surface area contributed by atoms with Crippen molar-refractivity contribution < 1.29 is 9.59 Å². The number of allylic oxidation sites excluding steroid dienone is 1. The Kier molecular flexibility index (Phi) is 12.5. The topological polar surface area (TPSA) is 100 Å². The predicted octanol–water partition coefficient (Wildman–Crippen LogP) is 5.75. The van der Waals surface area contributed by atoms with E-state index in [1.807, 2.05) is 60.7 Å². The van der Waals surface area contributed by atoms with Gasteiger partial charge in [-0.1, -0.05) is 24.3 Å². The van der Waals surface area contributed by atoms with Gasteiger partial charge in [-0.15, -0.1) is 0 Å². The maximum Gasteiger partial charge on any atom is 0.262 e. The van der Waals surface area contributed by atoms with Crippen LogP contribution < -0.4 is 15.1 Å². The summed E-state index contributed by atoms with van der Waals surface area (Å²) in [5, 5.41) is 21.9. The average Bonchev–Trinajstić information content (AvgIpc) is 2.96. The van der Waals surface area contributed by atoms with Crippen LogP contribution in [-0.2, 0) is 9.59 Å². The molecule has 0 bridgehead atoms. The van der Waals surface area contributed by atoms with Gasteiger partial charge < -0.3 is 15.1 Å². The van der Waals surface area contributed by atoms with Gasteiger partial charge in [0.2, 0.25) is 0 Å². The molecule has 1 unspecified atom stereocenters. The molecular weight excluding hydrogens is 486 g/mol. The maximum atomic E-state index is 12.7. The molecule has 0 fully saturated rings. The Hall–Kier alpha value is -4.36. The molecule has 0 aliphatic heterocycles. The fraction of sp³-hybridized carbons (Fsp3) is 0.375. The van der Waals surface area contributed by atoms with Crippen LogP contribution in [0, 0.1) is 22.7 Å². The van der Waals surface area contributed by atoms with E-state index in [1.165, 1.54) is 0 Å². The number of carbonyl (C=O) groups is 2. The number of carbonyl (C=O) groups excluding carboxylic acids is 2.